The van der Waals surface area contributed by atoms with Crippen molar-refractivity contribution in [1.82, 2.24) is 25.1 Å². The fourth-order valence-corrected chi connectivity index (χ4v) is 2.83. The Balaban J connectivity index is 1.40. The summed E-state index contributed by atoms with van der Waals surface area (Å²) in [7, 11) is 0. The summed E-state index contributed by atoms with van der Waals surface area (Å²) in [5.41, 5.74) is 1.74. The van der Waals surface area contributed by atoms with E-state index in [1.165, 1.54) is 27.3 Å². The summed E-state index contributed by atoms with van der Waals surface area (Å²) in [4.78, 5) is 20.5. The van der Waals surface area contributed by atoms with Crippen molar-refractivity contribution in [2.24, 2.45) is 0 Å². The minimum Gasteiger partial charge on any atom is -0.352 e. The predicted octanol–water partition coefficient (Wildman–Crippen LogP) is 2.79. The van der Waals surface area contributed by atoms with E-state index in [4.69, 9.17) is 0 Å². The van der Waals surface area contributed by atoms with Crippen LogP contribution in [0.3, 0.4) is 0 Å². The van der Waals surface area contributed by atoms with E-state index < -0.39 is 0 Å². The second-order valence-corrected chi connectivity index (χ2v) is 5.93. The van der Waals surface area contributed by atoms with Gasteiger partial charge in [-0.3, -0.25) is 4.79 Å². The standard InChI is InChI=1S/C20H17N5O/c26-20(18-8-10-22-19(12-18)25-14-21-13-24-25)23-9-7-15-5-6-16-3-1-2-4-17(16)11-15/h1-6,8,10-14H,7,9H2,(H,23,26). The molecule has 4 rings (SSSR count). The number of fused-ring (bicyclic) bond motifs is 1. The molecule has 4 aromatic rings. The Morgan fingerprint density at radius 1 is 1.04 bits per heavy atom. The minimum atomic E-state index is -0.130. The molecule has 6 heteroatoms. The third kappa shape index (κ3) is 3.44. The molecule has 0 spiro atoms. The van der Waals surface area contributed by atoms with Crippen LogP contribution in [-0.2, 0) is 6.42 Å². The highest BCUT2D eigenvalue weighted by atomic mass is 16.1. The van der Waals surface area contributed by atoms with Gasteiger partial charge in [-0.1, -0.05) is 42.5 Å². The van der Waals surface area contributed by atoms with Crippen LogP contribution in [0.4, 0.5) is 0 Å². The summed E-state index contributed by atoms with van der Waals surface area (Å²) >= 11 is 0. The zero-order valence-electron chi connectivity index (χ0n) is 14.0. The quantitative estimate of drug-likeness (QED) is 0.605. The molecule has 0 aliphatic rings. The van der Waals surface area contributed by atoms with Crippen LogP contribution >= 0.6 is 0 Å². The third-order valence-electron chi connectivity index (χ3n) is 4.17. The molecule has 128 valence electrons. The van der Waals surface area contributed by atoms with Crippen molar-refractivity contribution >= 4 is 16.7 Å². The van der Waals surface area contributed by atoms with Gasteiger partial charge in [0.05, 0.1) is 0 Å². The first kappa shape index (κ1) is 16.0. The Morgan fingerprint density at radius 3 is 2.77 bits per heavy atom. The molecule has 0 atom stereocenters. The molecule has 0 bridgehead atoms. The van der Waals surface area contributed by atoms with Crippen molar-refractivity contribution in [1.29, 1.82) is 0 Å². The van der Waals surface area contributed by atoms with Gasteiger partial charge in [0.2, 0.25) is 0 Å². The second-order valence-electron chi connectivity index (χ2n) is 5.93. The van der Waals surface area contributed by atoms with E-state index in [2.05, 4.69) is 50.7 Å². The number of benzene rings is 2. The van der Waals surface area contributed by atoms with Crippen molar-refractivity contribution in [3.63, 3.8) is 0 Å². The molecule has 1 N–H and O–H groups in total. The molecule has 0 aliphatic heterocycles. The SMILES string of the molecule is O=C(NCCc1ccc2ccccc2c1)c1ccnc(-n2cncn2)c1. The first-order chi connectivity index (χ1) is 12.8. The monoisotopic (exact) mass is 343 g/mol. The van der Waals surface area contributed by atoms with E-state index in [-0.39, 0.29) is 5.91 Å². The molecule has 1 amide bonds. The Hall–Kier alpha value is -3.54. The number of nitrogens with one attached hydrogen (secondary N) is 1. The highest BCUT2D eigenvalue weighted by Crippen LogP contribution is 2.15. The summed E-state index contributed by atoms with van der Waals surface area (Å²) < 4.78 is 1.52. The van der Waals surface area contributed by atoms with Crippen molar-refractivity contribution in [3.05, 3.63) is 84.6 Å². The van der Waals surface area contributed by atoms with Gasteiger partial charge in [-0.05, 0) is 34.9 Å². The van der Waals surface area contributed by atoms with Crippen molar-refractivity contribution in [3.8, 4) is 5.82 Å². The number of amides is 1. The van der Waals surface area contributed by atoms with Crippen LogP contribution in [0.2, 0.25) is 0 Å². The lowest BCUT2D eigenvalue weighted by Gasteiger charge is -2.07. The minimum absolute atomic E-state index is 0.130. The number of hydrogen-bond acceptors (Lipinski definition) is 4. The van der Waals surface area contributed by atoms with E-state index >= 15 is 0 Å². The topological polar surface area (TPSA) is 72.7 Å². The lowest BCUT2D eigenvalue weighted by molar-refractivity contribution is 0.0954. The first-order valence-electron chi connectivity index (χ1n) is 8.36. The van der Waals surface area contributed by atoms with Gasteiger partial charge in [-0.2, -0.15) is 5.10 Å². The average molecular weight is 343 g/mol. The van der Waals surface area contributed by atoms with Crippen molar-refractivity contribution in [2.75, 3.05) is 6.54 Å². The lowest BCUT2D eigenvalue weighted by Crippen LogP contribution is -2.25. The lowest BCUT2D eigenvalue weighted by atomic mass is 10.1. The van der Waals surface area contributed by atoms with E-state index in [1.807, 2.05) is 12.1 Å². The second kappa shape index (κ2) is 7.14. The van der Waals surface area contributed by atoms with Gasteiger partial charge in [0.25, 0.3) is 5.91 Å². The molecule has 0 saturated carbocycles. The molecule has 26 heavy (non-hydrogen) atoms. The predicted molar refractivity (Wildman–Crippen MR) is 99.1 cm³/mol. The summed E-state index contributed by atoms with van der Waals surface area (Å²) in [5, 5.41) is 9.41. The van der Waals surface area contributed by atoms with Gasteiger partial charge in [0.15, 0.2) is 5.82 Å². The highest BCUT2D eigenvalue weighted by molar-refractivity contribution is 5.94. The molecule has 2 heterocycles. The molecule has 0 aliphatic carbocycles. The van der Waals surface area contributed by atoms with Crippen LogP contribution in [0, 0.1) is 0 Å². The summed E-state index contributed by atoms with van der Waals surface area (Å²) in [5.74, 6) is 0.430. The maximum absolute atomic E-state index is 12.4. The van der Waals surface area contributed by atoms with E-state index in [0.29, 0.717) is 17.9 Å². The molecule has 2 aromatic heterocycles. The van der Waals surface area contributed by atoms with Crippen LogP contribution < -0.4 is 5.32 Å². The highest BCUT2D eigenvalue weighted by Gasteiger charge is 2.08. The van der Waals surface area contributed by atoms with Gasteiger partial charge in [-0.15, -0.1) is 0 Å². The van der Waals surface area contributed by atoms with Crippen molar-refractivity contribution < 1.29 is 4.79 Å². The van der Waals surface area contributed by atoms with Crippen LogP contribution in [0.1, 0.15) is 15.9 Å². The molecule has 0 fully saturated rings. The van der Waals surface area contributed by atoms with Gasteiger partial charge in [0, 0.05) is 18.3 Å². The fourth-order valence-electron chi connectivity index (χ4n) is 2.83. The number of rotatable bonds is 5. The normalized spacial score (nSPS) is 10.8. The molecule has 0 saturated heterocycles. The van der Waals surface area contributed by atoms with Crippen molar-refractivity contribution in [2.45, 2.75) is 6.42 Å². The fraction of sp³-hybridized carbons (Fsp3) is 0.100. The van der Waals surface area contributed by atoms with E-state index in [0.717, 1.165) is 6.42 Å². The number of carbonyl (C=O) groups is 1. The Kier molecular flexibility index (Phi) is 4.38. The van der Waals surface area contributed by atoms with Gasteiger partial charge < -0.3 is 5.32 Å². The zero-order valence-corrected chi connectivity index (χ0v) is 14.0. The molecular formula is C20H17N5O. The number of aromatic nitrogens is 4. The maximum Gasteiger partial charge on any atom is 0.251 e. The van der Waals surface area contributed by atoms with Crippen LogP contribution in [0.25, 0.3) is 16.6 Å². The third-order valence-corrected chi connectivity index (χ3v) is 4.17. The van der Waals surface area contributed by atoms with Crippen LogP contribution in [0.15, 0.2) is 73.4 Å². The molecule has 2 aromatic carbocycles. The Morgan fingerprint density at radius 2 is 1.92 bits per heavy atom. The summed E-state index contributed by atoms with van der Waals surface area (Å²) in [6.45, 7) is 0.568. The summed E-state index contributed by atoms with van der Waals surface area (Å²) in [6.07, 6.45) is 5.34. The van der Waals surface area contributed by atoms with Gasteiger partial charge >= 0.3 is 0 Å². The Labute approximate surface area is 150 Å². The van der Waals surface area contributed by atoms with Crippen LogP contribution in [-0.4, -0.2) is 32.2 Å². The smallest absolute Gasteiger partial charge is 0.251 e. The number of nitrogens with zero attached hydrogens (tertiary/aromatic N) is 4. The molecular weight excluding hydrogens is 326 g/mol. The largest absolute Gasteiger partial charge is 0.352 e. The van der Waals surface area contributed by atoms with E-state index in [1.54, 1.807) is 24.7 Å². The van der Waals surface area contributed by atoms with Gasteiger partial charge in [0.1, 0.15) is 12.7 Å². The molecule has 0 unspecified atom stereocenters. The zero-order chi connectivity index (χ0) is 17.8. The molecule has 0 radical (unpaired) electrons. The Bertz CT molecular complexity index is 1040. The van der Waals surface area contributed by atoms with Crippen LogP contribution in [0.5, 0.6) is 0 Å². The summed E-state index contributed by atoms with van der Waals surface area (Å²) in [6, 6.07) is 18.0. The molecule has 6 nitrogen and oxygen atoms in total. The number of pyridine rings is 1. The number of hydrogen-bond donors (Lipinski definition) is 1. The van der Waals surface area contributed by atoms with E-state index in [9.17, 15) is 4.79 Å². The van der Waals surface area contributed by atoms with Gasteiger partial charge in [-0.25, -0.2) is 14.6 Å². The first-order valence-corrected chi connectivity index (χ1v) is 8.36. The maximum atomic E-state index is 12.4. The average Bonchev–Trinajstić information content (AvgIpc) is 3.23. The number of carbonyl (C=O) groups excluding carboxylic acids is 1.